The molecule has 2 N–H and O–H groups in total. The van der Waals surface area contributed by atoms with Crippen molar-refractivity contribution in [3.8, 4) is 0 Å². The smallest absolute Gasteiger partial charge is 0.249 e. The summed E-state index contributed by atoms with van der Waals surface area (Å²) in [7, 11) is -2.46. The normalized spacial score (nSPS) is 18.1. The molecule has 2 fully saturated rings. The van der Waals surface area contributed by atoms with Crippen LogP contribution in [-0.4, -0.2) is 46.4 Å². The van der Waals surface area contributed by atoms with Gasteiger partial charge in [0.2, 0.25) is 0 Å². The van der Waals surface area contributed by atoms with Gasteiger partial charge in [0.05, 0.1) is 12.1 Å². The molecule has 0 spiro atoms. The average Bonchev–Trinajstić information content (AvgIpc) is 3.40. The van der Waals surface area contributed by atoms with Crippen molar-refractivity contribution >= 4 is 29.8 Å². The summed E-state index contributed by atoms with van der Waals surface area (Å²) in [5.74, 6) is 0. The van der Waals surface area contributed by atoms with Gasteiger partial charge in [-0.15, -0.1) is 10.2 Å². The van der Waals surface area contributed by atoms with Crippen LogP contribution in [0.25, 0.3) is 0 Å². The summed E-state index contributed by atoms with van der Waals surface area (Å²) >= 11 is 0. The van der Waals surface area contributed by atoms with Gasteiger partial charge in [0.25, 0.3) is 29.4 Å². The van der Waals surface area contributed by atoms with E-state index in [2.05, 4.69) is 20.2 Å². The van der Waals surface area contributed by atoms with Crippen LogP contribution >= 0.6 is 10.7 Å². The fourth-order valence-corrected chi connectivity index (χ4v) is 2.77. The fourth-order valence-electron chi connectivity index (χ4n) is 1.79. The molecule has 2 aliphatic rings. The molecule has 0 aromatic carbocycles. The third kappa shape index (κ3) is 4.28. The second kappa shape index (κ2) is 6.06. The molecular weight excluding hydrogens is 382 g/mol. The minimum Gasteiger partial charge on any atom is -0.249 e. The van der Waals surface area contributed by atoms with Crippen LogP contribution in [0.1, 0.15) is 37.8 Å². The number of hydrogen-bond donors (Lipinski definition) is 1. The maximum atomic E-state index is 10.7. The largest absolute Gasteiger partial charge is 0.298 e. The molecule has 132 valence electrons. The number of aromatic nitrogens is 6. The molecule has 14 heteroatoms. The third-order valence-electron chi connectivity index (χ3n) is 3.29. The Morgan fingerprint density at radius 1 is 0.917 bits per heavy atom. The lowest BCUT2D eigenvalue weighted by Gasteiger charge is -1.91. The van der Waals surface area contributed by atoms with Gasteiger partial charge in [0, 0.05) is 10.7 Å². The molecule has 24 heavy (non-hydrogen) atoms. The number of rotatable bonds is 4. The first kappa shape index (κ1) is 17.3. The zero-order valence-corrected chi connectivity index (χ0v) is 14.6. The second-order valence-electron chi connectivity index (χ2n) is 5.46. The van der Waals surface area contributed by atoms with Gasteiger partial charge < -0.3 is 0 Å². The minimum absolute atomic E-state index is 0.297. The van der Waals surface area contributed by atoms with Crippen LogP contribution in [0, 0.1) is 0 Å². The molecule has 0 bridgehead atoms. The summed E-state index contributed by atoms with van der Waals surface area (Å²) in [6.45, 7) is 0. The van der Waals surface area contributed by atoms with Crippen molar-refractivity contribution < 1.29 is 16.8 Å². The Bertz CT molecular complexity index is 865. The number of sulfonamides is 1. The maximum Gasteiger partial charge on any atom is 0.298 e. The highest BCUT2D eigenvalue weighted by molar-refractivity contribution is 8.13. The molecule has 0 radical (unpaired) electrons. The van der Waals surface area contributed by atoms with Gasteiger partial charge in [-0.25, -0.2) is 41.3 Å². The Hall–Kier alpha value is -1.57. The lowest BCUT2D eigenvalue weighted by atomic mass is 10.7. The third-order valence-corrected chi connectivity index (χ3v) is 5.02. The Morgan fingerprint density at radius 2 is 1.33 bits per heavy atom. The Kier molecular flexibility index (Phi) is 4.36. The predicted octanol–water partition coefficient (Wildman–Crippen LogP) is -0.199. The van der Waals surface area contributed by atoms with Crippen molar-refractivity contribution in [2.45, 2.75) is 48.1 Å². The molecule has 2 aromatic rings. The van der Waals surface area contributed by atoms with Crippen molar-refractivity contribution in [2.24, 2.45) is 5.14 Å². The molecule has 2 heterocycles. The van der Waals surface area contributed by atoms with E-state index in [1.165, 1.54) is 17.3 Å². The van der Waals surface area contributed by atoms with E-state index < -0.39 is 19.1 Å². The molecule has 2 saturated carbocycles. The zero-order valence-electron chi connectivity index (χ0n) is 12.2. The highest BCUT2D eigenvalue weighted by Crippen LogP contribution is 2.34. The highest BCUT2D eigenvalue weighted by atomic mass is 35.7. The monoisotopic (exact) mass is 395 g/mol. The molecule has 0 unspecified atom stereocenters. The SMILES string of the molecule is NS(=O)(=O)c1ncn(C2CC2)n1.O=S(=O)(Cl)c1ncn(C2CC2)n1. The highest BCUT2D eigenvalue weighted by Gasteiger charge is 2.27. The van der Waals surface area contributed by atoms with Crippen LogP contribution in [-0.2, 0) is 19.1 Å². The van der Waals surface area contributed by atoms with Crippen molar-refractivity contribution in [3.05, 3.63) is 12.7 Å². The molecule has 2 aliphatic carbocycles. The van der Waals surface area contributed by atoms with E-state index in [-0.39, 0.29) is 10.3 Å². The number of halogens is 1. The lowest BCUT2D eigenvalue weighted by molar-refractivity contribution is 0.577. The molecule has 2 aromatic heterocycles. The average molecular weight is 396 g/mol. The Labute approximate surface area is 142 Å². The van der Waals surface area contributed by atoms with Crippen molar-refractivity contribution in [1.29, 1.82) is 0 Å². The van der Waals surface area contributed by atoms with Gasteiger partial charge in [-0.1, -0.05) is 0 Å². The van der Waals surface area contributed by atoms with Crippen LogP contribution in [0.4, 0.5) is 0 Å². The van der Waals surface area contributed by atoms with Crippen LogP contribution in [0.15, 0.2) is 23.0 Å². The van der Waals surface area contributed by atoms with Gasteiger partial charge in [-0.3, -0.25) is 0 Å². The maximum absolute atomic E-state index is 10.7. The van der Waals surface area contributed by atoms with Crippen LogP contribution in [0.2, 0.25) is 0 Å². The fraction of sp³-hybridized carbons (Fsp3) is 0.600. The van der Waals surface area contributed by atoms with Crippen LogP contribution < -0.4 is 5.14 Å². The summed E-state index contributed by atoms with van der Waals surface area (Å²) in [5, 5.41) is 11.7. The topological polar surface area (TPSA) is 156 Å². The van der Waals surface area contributed by atoms with E-state index in [4.69, 9.17) is 15.8 Å². The van der Waals surface area contributed by atoms with E-state index in [1.807, 2.05) is 0 Å². The van der Waals surface area contributed by atoms with Gasteiger partial charge in [-0.05, 0) is 25.7 Å². The first-order valence-corrected chi connectivity index (χ1v) is 10.8. The standard InChI is InChI=1S/C5H6ClN3O2S.C5H8N4O2S/c2*6-12(10,11)5-7-3-9(8-5)4-1-2-4/h3-4H,1-2H2;3-4H,1-2H2,(H2,6,10,11). The number of nitrogens with two attached hydrogens (primary N) is 1. The molecule has 11 nitrogen and oxygen atoms in total. The first-order chi connectivity index (χ1) is 11.1. The Balaban J connectivity index is 0.000000141. The van der Waals surface area contributed by atoms with Gasteiger partial charge in [0.1, 0.15) is 12.7 Å². The molecule has 0 saturated heterocycles. The van der Waals surface area contributed by atoms with E-state index in [0.29, 0.717) is 12.1 Å². The quantitative estimate of drug-likeness (QED) is 0.697. The number of primary sulfonamides is 1. The molecular formula is C10H14ClN7O4S2. The molecule has 4 rings (SSSR count). The zero-order chi connectivity index (χ0) is 17.5. The van der Waals surface area contributed by atoms with Gasteiger partial charge in [0.15, 0.2) is 0 Å². The first-order valence-electron chi connectivity index (χ1n) is 6.94. The summed E-state index contributed by atoms with van der Waals surface area (Å²) in [4.78, 5) is 7.17. The van der Waals surface area contributed by atoms with E-state index in [0.717, 1.165) is 25.7 Å². The van der Waals surface area contributed by atoms with Crippen LogP contribution in [0.5, 0.6) is 0 Å². The minimum atomic E-state index is -3.76. The number of hydrogen-bond acceptors (Lipinski definition) is 8. The van der Waals surface area contributed by atoms with E-state index in [9.17, 15) is 16.8 Å². The summed E-state index contributed by atoms with van der Waals surface area (Å²) in [6, 6.07) is 0.651. The molecule has 0 atom stereocenters. The van der Waals surface area contributed by atoms with E-state index in [1.54, 1.807) is 4.68 Å². The van der Waals surface area contributed by atoms with Crippen LogP contribution in [0.3, 0.4) is 0 Å². The number of nitrogens with zero attached hydrogens (tertiary/aromatic N) is 6. The van der Waals surface area contributed by atoms with E-state index >= 15 is 0 Å². The van der Waals surface area contributed by atoms with Gasteiger partial charge >= 0.3 is 0 Å². The van der Waals surface area contributed by atoms with Gasteiger partial charge in [-0.2, -0.15) is 0 Å². The summed E-state index contributed by atoms with van der Waals surface area (Å²) < 4.78 is 46.0. The van der Waals surface area contributed by atoms with Crippen molar-refractivity contribution in [2.75, 3.05) is 0 Å². The van der Waals surface area contributed by atoms with Crippen molar-refractivity contribution in [3.63, 3.8) is 0 Å². The Morgan fingerprint density at radius 3 is 1.62 bits per heavy atom. The second-order valence-corrected chi connectivity index (χ2v) is 9.37. The summed E-state index contributed by atoms with van der Waals surface area (Å²) in [5.41, 5.74) is 0. The molecule has 0 amide bonds. The predicted molar refractivity (Wildman–Crippen MR) is 81.0 cm³/mol. The lowest BCUT2D eigenvalue weighted by Crippen LogP contribution is -2.14. The molecule has 0 aliphatic heterocycles. The van der Waals surface area contributed by atoms with Crippen molar-refractivity contribution in [1.82, 2.24) is 29.5 Å². The summed E-state index contributed by atoms with van der Waals surface area (Å²) in [6.07, 6.45) is 6.93.